The highest BCUT2D eigenvalue weighted by atomic mass is 32.2. The molecular weight excluding hydrogens is 242 g/mol. The van der Waals surface area contributed by atoms with Gasteiger partial charge in [-0.05, 0) is 37.3 Å². The van der Waals surface area contributed by atoms with E-state index >= 15 is 0 Å². The zero-order valence-corrected chi connectivity index (χ0v) is 12.1. The minimum Gasteiger partial charge on any atom is -0.493 e. The third kappa shape index (κ3) is 3.66. The molecule has 2 unspecified atom stereocenters. The first-order valence-electron chi connectivity index (χ1n) is 6.76. The molecule has 0 spiro atoms. The van der Waals surface area contributed by atoms with Gasteiger partial charge in [0.25, 0.3) is 0 Å². The third-order valence-electron chi connectivity index (χ3n) is 3.60. The van der Waals surface area contributed by atoms with Crippen molar-refractivity contribution in [2.75, 3.05) is 26.0 Å². The summed E-state index contributed by atoms with van der Waals surface area (Å²) in [4.78, 5) is 0. The second-order valence-corrected chi connectivity index (χ2v) is 6.19. The fourth-order valence-corrected chi connectivity index (χ4v) is 2.68. The Bertz CT molecular complexity index is 369. The smallest absolute Gasteiger partial charge is 0.122 e. The maximum atomic E-state index is 5.68. The van der Waals surface area contributed by atoms with Gasteiger partial charge in [-0.3, -0.25) is 0 Å². The molecule has 0 aromatic heterocycles. The number of fused-ring (bicyclic) bond motifs is 1. The molecule has 1 aliphatic rings. The Hall–Kier alpha value is -0.670. The van der Waals surface area contributed by atoms with Crippen LogP contribution in [0.15, 0.2) is 24.3 Å². The van der Waals surface area contributed by atoms with E-state index < -0.39 is 0 Å². The summed E-state index contributed by atoms with van der Waals surface area (Å²) in [5.41, 5.74) is 1.37. The van der Waals surface area contributed by atoms with Crippen LogP contribution in [-0.2, 0) is 0 Å². The zero-order valence-electron chi connectivity index (χ0n) is 11.3. The molecule has 0 bridgehead atoms. The maximum Gasteiger partial charge on any atom is 0.122 e. The van der Waals surface area contributed by atoms with Gasteiger partial charge in [-0.2, -0.15) is 11.8 Å². The highest BCUT2D eigenvalue weighted by Gasteiger charge is 2.20. The Kier molecular flexibility index (Phi) is 5.39. The van der Waals surface area contributed by atoms with Gasteiger partial charge in [0.15, 0.2) is 0 Å². The van der Waals surface area contributed by atoms with Gasteiger partial charge in [-0.25, -0.2) is 0 Å². The Balaban J connectivity index is 1.81. The average molecular weight is 265 g/mol. The standard InChI is InChI=1S/C15H23NOS/c1-12(18-2)7-9-16-11-13-8-10-17-15-6-4-3-5-14(13)15/h3-6,12-13,16H,7-11H2,1-2H3. The van der Waals surface area contributed by atoms with Gasteiger partial charge in [-0.15, -0.1) is 0 Å². The van der Waals surface area contributed by atoms with E-state index in [1.165, 1.54) is 12.0 Å². The molecule has 0 aliphatic carbocycles. The molecule has 0 saturated heterocycles. The summed E-state index contributed by atoms with van der Waals surface area (Å²) in [6, 6.07) is 8.44. The molecule has 1 aromatic rings. The molecule has 1 aliphatic heterocycles. The van der Waals surface area contributed by atoms with Gasteiger partial charge in [0.2, 0.25) is 0 Å². The monoisotopic (exact) mass is 265 g/mol. The first-order valence-corrected chi connectivity index (χ1v) is 8.05. The molecule has 1 N–H and O–H groups in total. The van der Waals surface area contributed by atoms with E-state index in [2.05, 4.69) is 42.8 Å². The zero-order chi connectivity index (χ0) is 12.8. The topological polar surface area (TPSA) is 21.3 Å². The molecule has 3 heteroatoms. The molecule has 100 valence electrons. The van der Waals surface area contributed by atoms with Crippen molar-refractivity contribution in [2.24, 2.45) is 0 Å². The fraction of sp³-hybridized carbons (Fsp3) is 0.600. The third-order valence-corrected chi connectivity index (χ3v) is 4.64. The highest BCUT2D eigenvalue weighted by Crippen LogP contribution is 2.32. The van der Waals surface area contributed by atoms with Crippen molar-refractivity contribution >= 4 is 11.8 Å². The second kappa shape index (κ2) is 7.05. The molecular formula is C15H23NOS. The molecule has 1 aromatic carbocycles. The fourth-order valence-electron chi connectivity index (χ4n) is 2.33. The molecule has 0 fully saturated rings. The average Bonchev–Trinajstić information content (AvgIpc) is 2.43. The summed E-state index contributed by atoms with van der Waals surface area (Å²) in [5, 5.41) is 4.34. The number of thioether (sulfide) groups is 1. The molecule has 2 nitrogen and oxygen atoms in total. The summed E-state index contributed by atoms with van der Waals surface area (Å²) >= 11 is 1.94. The van der Waals surface area contributed by atoms with E-state index in [-0.39, 0.29) is 0 Å². The van der Waals surface area contributed by atoms with E-state index in [0.29, 0.717) is 5.92 Å². The summed E-state index contributed by atoms with van der Waals surface area (Å²) in [6.45, 7) is 5.32. The number of para-hydroxylation sites is 1. The lowest BCUT2D eigenvalue weighted by molar-refractivity contribution is 0.264. The molecule has 0 saturated carbocycles. The molecule has 2 rings (SSSR count). The van der Waals surface area contributed by atoms with Crippen molar-refractivity contribution in [1.29, 1.82) is 0 Å². The highest BCUT2D eigenvalue weighted by molar-refractivity contribution is 7.99. The predicted octanol–water partition coefficient (Wildman–Crippen LogP) is 3.28. The number of ether oxygens (including phenoxy) is 1. The minimum atomic E-state index is 0.611. The van der Waals surface area contributed by atoms with Crippen molar-refractivity contribution < 1.29 is 4.74 Å². The molecule has 0 radical (unpaired) electrons. The van der Waals surface area contributed by atoms with Crippen LogP contribution in [0.4, 0.5) is 0 Å². The van der Waals surface area contributed by atoms with Crippen LogP contribution in [-0.4, -0.2) is 31.2 Å². The molecule has 1 heterocycles. The molecule has 2 atom stereocenters. The van der Waals surface area contributed by atoms with Gasteiger partial charge in [0.1, 0.15) is 5.75 Å². The lowest BCUT2D eigenvalue weighted by Gasteiger charge is -2.26. The SMILES string of the molecule is CSC(C)CCNCC1CCOc2ccccc21. The maximum absolute atomic E-state index is 5.68. The Morgan fingerprint density at radius 2 is 2.28 bits per heavy atom. The van der Waals surface area contributed by atoms with Crippen molar-refractivity contribution in [3.63, 3.8) is 0 Å². The van der Waals surface area contributed by atoms with Gasteiger partial charge in [0, 0.05) is 17.7 Å². The van der Waals surface area contributed by atoms with Crippen molar-refractivity contribution in [3.05, 3.63) is 29.8 Å². The van der Waals surface area contributed by atoms with Gasteiger partial charge in [0.05, 0.1) is 6.61 Å². The number of hydrogen-bond donors (Lipinski definition) is 1. The van der Waals surface area contributed by atoms with Crippen LogP contribution >= 0.6 is 11.8 Å². The first-order chi connectivity index (χ1) is 8.81. The summed E-state index contributed by atoms with van der Waals surface area (Å²) in [6.07, 6.45) is 4.55. The van der Waals surface area contributed by atoms with Crippen LogP contribution in [0.5, 0.6) is 5.75 Å². The van der Waals surface area contributed by atoms with E-state index in [9.17, 15) is 0 Å². The van der Waals surface area contributed by atoms with Crippen LogP contribution in [0, 0.1) is 0 Å². The second-order valence-electron chi connectivity index (χ2n) is 4.91. The number of nitrogens with one attached hydrogen (secondary N) is 1. The van der Waals surface area contributed by atoms with Crippen molar-refractivity contribution in [3.8, 4) is 5.75 Å². The van der Waals surface area contributed by atoms with Crippen molar-refractivity contribution in [1.82, 2.24) is 5.32 Å². The van der Waals surface area contributed by atoms with E-state index in [1.54, 1.807) is 0 Å². The van der Waals surface area contributed by atoms with Crippen LogP contribution in [0.25, 0.3) is 0 Å². The Morgan fingerprint density at radius 3 is 3.11 bits per heavy atom. The largest absolute Gasteiger partial charge is 0.493 e. The predicted molar refractivity (Wildman–Crippen MR) is 79.8 cm³/mol. The lowest BCUT2D eigenvalue weighted by atomic mass is 9.93. The van der Waals surface area contributed by atoms with E-state index in [0.717, 1.165) is 37.1 Å². The quantitative estimate of drug-likeness (QED) is 0.798. The lowest BCUT2D eigenvalue weighted by Crippen LogP contribution is -2.27. The Morgan fingerprint density at radius 1 is 1.44 bits per heavy atom. The summed E-state index contributed by atoms with van der Waals surface area (Å²) < 4.78 is 5.68. The van der Waals surface area contributed by atoms with E-state index in [4.69, 9.17) is 4.74 Å². The summed E-state index contributed by atoms with van der Waals surface area (Å²) in [7, 11) is 0. The number of rotatable bonds is 6. The van der Waals surface area contributed by atoms with Crippen LogP contribution in [0.1, 0.15) is 31.2 Å². The van der Waals surface area contributed by atoms with Gasteiger partial charge in [-0.1, -0.05) is 25.1 Å². The Labute approximate surface area is 114 Å². The summed E-state index contributed by atoms with van der Waals surface area (Å²) in [5.74, 6) is 1.69. The number of hydrogen-bond acceptors (Lipinski definition) is 3. The molecule has 18 heavy (non-hydrogen) atoms. The van der Waals surface area contributed by atoms with Gasteiger partial charge < -0.3 is 10.1 Å². The van der Waals surface area contributed by atoms with Gasteiger partial charge >= 0.3 is 0 Å². The number of benzene rings is 1. The van der Waals surface area contributed by atoms with Crippen LogP contribution in [0.2, 0.25) is 0 Å². The van der Waals surface area contributed by atoms with Crippen molar-refractivity contribution in [2.45, 2.75) is 30.9 Å². The van der Waals surface area contributed by atoms with Crippen LogP contribution in [0.3, 0.4) is 0 Å². The van der Waals surface area contributed by atoms with E-state index in [1.807, 2.05) is 11.8 Å². The first kappa shape index (κ1) is 13.8. The minimum absolute atomic E-state index is 0.611. The van der Waals surface area contributed by atoms with Crippen LogP contribution < -0.4 is 10.1 Å². The normalized spacial score (nSPS) is 20.0. The molecule has 0 amide bonds.